The number of fused-ring (bicyclic) bond motifs is 1. The Kier molecular flexibility index (Phi) is 10.9. The maximum atomic E-state index is 11.7. The molecule has 0 aliphatic carbocycles. The van der Waals surface area contributed by atoms with E-state index in [4.69, 9.17) is 5.73 Å². The molecule has 0 saturated carbocycles. The van der Waals surface area contributed by atoms with E-state index in [-0.39, 0.29) is 11.5 Å². The quantitative estimate of drug-likeness (QED) is 0.747. The van der Waals surface area contributed by atoms with Crippen LogP contribution in [0.15, 0.2) is 36.2 Å². The zero-order valence-electron chi connectivity index (χ0n) is 13.5. The molecule has 0 aliphatic heterocycles. The lowest BCUT2D eigenvalue weighted by Gasteiger charge is -2.04. The summed E-state index contributed by atoms with van der Waals surface area (Å²) in [5.74, 6) is 0.244. The average molecular weight is 277 g/mol. The Morgan fingerprint density at radius 3 is 2.15 bits per heavy atom. The lowest BCUT2D eigenvalue weighted by molar-refractivity contribution is 0.861. The molecule has 2 rings (SSSR count). The Labute approximate surface area is 122 Å². The molecular formula is C16H27N3O. The number of aryl methyl sites for hydroxylation is 1. The molecule has 20 heavy (non-hydrogen) atoms. The van der Waals surface area contributed by atoms with Crippen molar-refractivity contribution in [2.75, 3.05) is 5.73 Å². The van der Waals surface area contributed by atoms with Crippen LogP contribution in [0, 0.1) is 6.92 Å². The minimum absolute atomic E-state index is 0.104. The van der Waals surface area contributed by atoms with Gasteiger partial charge in [-0.05, 0) is 24.6 Å². The van der Waals surface area contributed by atoms with Crippen molar-refractivity contribution < 1.29 is 0 Å². The molecule has 0 saturated heterocycles. The lowest BCUT2D eigenvalue weighted by atomic mass is 10.2. The van der Waals surface area contributed by atoms with Crippen molar-refractivity contribution in [3.05, 3.63) is 47.3 Å². The first-order valence-corrected chi connectivity index (χ1v) is 6.82. The van der Waals surface area contributed by atoms with E-state index in [2.05, 4.69) is 18.1 Å². The van der Waals surface area contributed by atoms with E-state index in [1.807, 2.05) is 46.8 Å². The maximum Gasteiger partial charge on any atom is 0.262 e. The van der Waals surface area contributed by atoms with Crippen LogP contribution in [-0.4, -0.2) is 9.55 Å². The topological polar surface area (TPSA) is 60.9 Å². The first-order valence-electron chi connectivity index (χ1n) is 6.82. The van der Waals surface area contributed by atoms with Crippen LogP contribution in [0.1, 0.15) is 33.3 Å². The van der Waals surface area contributed by atoms with E-state index in [1.54, 1.807) is 13.1 Å². The van der Waals surface area contributed by atoms with Gasteiger partial charge in [-0.3, -0.25) is 9.36 Å². The summed E-state index contributed by atoms with van der Waals surface area (Å²) in [6.45, 7) is 16.0. The minimum Gasteiger partial charge on any atom is -0.369 e. The summed E-state index contributed by atoms with van der Waals surface area (Å²) in [6.07, 6.45) is 0. The van der Waals surface area contributed by atoms with Gasteiger partial charge in [-0.15, -0.1) is 13.2 Å². The molecule has 112 valence electrons. The third-order valence-electron chi connectivity index (χ3n) is 2.27. The number of anilines is 1. The number of hydrogen-bond acceptors (Lipinski definition) is 3. The second kappa shape index (κ2) is 10.8. The van der Waals surface area contributed by atoms with Gasteiger partial charge in [-0.1, -0.05) is 33.8 Å². The second-order valence-electron chi connectivity index (χ2n) is 3.35. The summed E-state index contributed by atoms with van der Waals surface area (Å²) in [6, 6.07) is 5.52. The highest BCUT2D eigenvalue weighted by Crippen LogP contribution is 2.10. The number of benzene rings is 1. The van der Waals surface area contributed by atoms with Gasteiger partial charge in [0.05, 0.1) is 10.9 Å². The van der Waals surface area contributed by atoms with E-state index in [0.717, 1.165) is 5.56 Å². The molecule has 0 atom stereocenters. The first-order chi connectivity index (χ1) is 9.59. The van der Waals surface area contributed by atoms with Crippen LogP contribution in [-0.2, 0) is 7.05 Å². The Morgan fingerprint density at radius 1 is 1.15 bits per heavy atom. The number of nitrogens with two attached hydrogens (primary N) is 1. The van der Waals surface area contributed by atoms with Crippen molar-refractivity contribution >= 4 is 16.9 Å². The van der Waals surface area contributed by atoms with Crippen LogP contribution in [0.25, 0.3) is 10.9 Å². The van der Waals surface area contributed by atoms with Crippen molar-refractivity contribution in [1.82, 2.24) is 9.55 Å². The first kappa shape index (κ1) is 20.2. The Hall–Kier alpha value is -2.10. The van der Waals surface area contributed by atoms with Crippen LogP contribution < -0.4 is 11.3 Å². The van der Waals surface area contributed by atoms with Gasteiger partial charge in [0.2, 0.25) is 5.95 Å². The molecule has 0 amide bonds. The van der Waals surface area contributed by atoms with Gasteiger partial charge in [-0.25, -0.2) is 4.98 Å². The molecule has 2 aromatic rings. The molecule has 1 heterocycles. The van der Waals surface area contributed by atoms with E-state index >= 15 is 0 Å². The van der Waals surface area contributed by atoms with Crippen LogP contribution >= 0.6 is 0 Å². The molecule has 0 fully saturated rings. The van der Waals surface area contributed by atoms with Crippen LogP contribution in [0.3, 0.4) is 0 Å². The maximum absolute atomic E-state index is 11.7. The summed E-state index contributed by atoms with van der Waals surface area (Å²) in [5, 5.41) is 0.604. The van der Waals surface area contributed by atoms with E-state index in [1.165, 1.54) is 4.57 Å². The summed E-state index contributed by atoms with van der Waals surface area (Å²) < 4.78 is 1.34. The molecule has 0 spiro atoms. The van der Waals surface area contributed by atoms with Crippen LogP contribution in [0.4, 0.5) is 5.95 Å². The number of aromatic nitrogens is 2. The second-order valence-corrected chi connectivity index (χ2v) is 3.35. The fourth-order valence-electron chi connectivity index (χ4n) is 1.40. The highest BCUT2D eigenvalue weighted by atomic mass is 16.1. The normalized spacial score (nSPS) is 8.30. The molecule has 4 heteroatoms. The molecule has 0 unspecified atom stereocenters. The van der Waals surface area contributed by atoms with Crippen molar-refractivity contribution in [2.45, 2.75) is 34.6 Å². The minimum atomic E-state index is -0.104. The average Bonchev–Trinajstić information content (AvgIpc) is 2.51. The molecule has 0 bridgehead atoms. The van der Waals surface area contributed by atoms with Crippen molar-refractivity contribution in [2.24, 2.45) is 7.05 Å². The molecule has 0 aliphatic rings. The Bertz CT molecular complexity index is 574. The summed E-state index contributed by atoms with van der Waals surface area (Å²) >= 11 is 0. The summed E-state index contributed by atoms with van der Waals surface area (Å²) in [4.78, 5) is 15.8. The third-order valence-corrected chi connectivity index (χ3v) is 2.27. The van der Waals surface area contributed by atoms with E-state index in [9.17, 15) is 4.79 Å². The SMILES string of the molecule is C=C.CC.CC.Cc1ccc2c(=O)n(C)c(N)nc2c1. The molecule has 2 N–H and O–H groups in total. The number of nitrogen functional groups attached to an aromatic ring is 1. The lowest BCUT2D eigenvalue weighted by Crippen LogP contribution is -2.21. The zero-order valence-corrected chi connectivity index (χ0v) is 13.5. The number of nitrogens with zero attached hydrogens (tertiary/aromatic N) is 2. The third kappa shape index (κ3) is 4.88. The predicted molar refractivity (Wildman–Crippen MR) is 90.1 cm³/mol. The van der Waals surface area contributed by atoms with Crippen molar-refractivity contribution in [3.8, 4) is 0 Å². The predicted octanol–water partition coefficient (Wildman–Crippen LogP) is 3.68. The van der Waals surface area contributed by atoms with Gasteiger partial charge in [0.1, 0.15) is 0 Å². The summed E-state index contributed by atoms with van der Waals surface area (Å²) in [5.41, 5.74) is 7.21. The monoisotopic (exact) mass is 277 g/mol. The standard InChI is InChI=1S/C10H11N3O.2C2H6.C2H4/c1-6-3-4-7-8(5-6)12-10(11)13(2)9(7)14;3*1-2/h3-5H,1-2H3,(H2,11,12);2*1-2H3;1-2H2. The fraction of sp³-hybridized carbons (Fsp3) is 0.375. The van der Waals surface area contributed by atoms with Crippen molar-refractivity contribution in [3.63, 3.8) is 0 Å². The number of hydrogen-bond donors (Lipinski definition) is 1. The van der Waals surface area contributed by atoms with Crippen LogP contribution in [0.2, 0.25) is 0 Å². The van der Waals surface area contributed by atoms with Gasteiger partial charge in [-0.2, -0.15) is 0 Å². The van der Waals surface area contributed by atoms with Crippen LogP contribution in [0.5, 0.6) is 0 Å². The van der Waals surface area contributed by atoms with Crippen molar-refractivity contribution in [1.29, 1.82) is 0 Å². The van der Waals surface area contributed by atoms with Gasteiger partial charge in [0.15, 0.2) is 0 Å². The van der Waals surface area contributed by atoms with Gasteiger partial charge in [0.25, 0.3) is 5.56 Å². The number of rotatable bonds is 0. The van der Waals surface area contributed by atoms with E-state index in [0.29, 0.717) is 10.9 Å². The fourth-order valence-corrected chi connectivity index (χ4v) is 1.40. The summed E-state index contributed by atoms with van der Waals surface area (Å²) in [7, 11) is 1.62. The Balaban J connectivity index is 0. The Morgan fingerprint density at radius 2 is 1.65 bits per heavy atom. The van der Waals surface area contributed by atoms with E-state index < -0.39 is 0 Å². The highest BCUT2D eigenvalue weighted by Gasteiger charge is 2.04. The molecule has 4 nitrogen and oxygen atoms in total. The molecular weight excluding hydrogens is 250 g/mol. The highest BCUT2D eigenvalue weighted by molar-refractivity contribution is 5.79. The smallest absolute Gasteiger partial charge is 0.262 e. The largest absolute Gasteiger partial charge is 0.369 e. The molecule has 0 radical (unpaired) electrons. The molecule has 1 aromatic heterocycles. The van der Waals surface area contributed by atoms with Gasteiger partial charge in [0, 0.05) is 7.05 Å². The zero-order chi connectivity index (χ0) is 16.3. The van der Waals surface area contributed by atoms with Gasteiger partial charge >= 0.3 is 0 Å². The van der Waals surface area contributed by atoms with Gasteiger partial charge < -0.3 is 5.73 Å². The molecule has 1 aromatic carbocycles.